The largest absolute Gasteiger partial charge is 0.166 e. The van der Waals surface area contributed by atoms with Gasteiger partial charge in [0.05, 0.1) is 10.9 Å². The number of hydrogen-bond acceptors (Lipinski definition) is 0. The van der Waals surface area contributed by atoms with E-state index in [9.17, 15) is 0 Å². The highest BCUT2D eigenvalue weighted by molar-refractivity contribution is 7.97. The molecule has 0 aliphatic heterocycles. The summed E-state index contributed by atoms with van der Waals surface area (Å²) in [4.78, 5) is 4.35. The van der Waals surface area contributed by atoms with Gasteiger partial charge in [-0.25, -0.2) is 0 Å². The zero-order valence-electron chi connectivity index (χ0n) is 25.2. The van der Waals surface area contributed by atoms with E-state index in [0.29, 0.717) is 0 Å². The normalized spacial score (nSPS) is 19.4. The van der Waals surface area contributed by atoms with Crippen LogP contribution >= 0.6 is 0 Å². The second-order valence-corrected chi connectivity index (χ2v) is 14.8. The van der Waals surface area contributed by atoms with Crippen molar-refractivity contribution in [2.75, 3.05) is 0 Å². The van der Waals surface area contributed by atoms with Crippen LogP contribution in [0.2, 0.25) is 0 Å². The molecule has 3 aromatic rings. The molecule has 0 nitrogen and oxygen atoms in total. The van der Waals surface area contributed by atoms with Gasteiger partial charge in [-0.05, 0) is 92.0 Å². The molecular weight excluding hydrogens is 500 g/mol. The van der Waals surface area contributed by atoms with Crippen LogP contribution in [0.15, 0.2) is 87.5 Å². The fourth-order valence-electron chi connectivity index (χ4n) is 7.12. The molecule has 0 radical (unpaired) electrons. The molecule has 40 heavy (non-hydrogen) atoms. The van der Waals surface area contributed by atoms with Crippen LogP contribution in [0.25, 0.3) is 0 Å². The Labute approximate surface area is 248 Å². The number of aryl methyl sites for hydroxylation is 1. The molecule has 2 saturated carbocycles. The highest BCUT2D eigenvalue weighted by Crippen LogP contribution is 2.36. The summed E-state index contributed by atoms with van der Waals surface area (Å²) in [5.74, 6) is 1.48. The quantitative estimate of drug-likeness (QED) is 0.276. The maximum absolute atomic E-state index is 2.48. The maximum atomic E-state index is 2.48. The van der Waals surface area contributed by atoms with Crippen molar-refractivity contribution < 1.29 is 0 Å². The molecule has 0 amide bonds. The molecule has 0 N–H and O–H groups in total. The van der Waals surface area contributed by atoms with Crippen molar-refractivity contribution >= 4 is 10.9 Å². The van der Waals surface area contributed by atoms with E-state index in [2.05, 4.69) is 79.7 Å². The Balaban J connectivity index is 1.37. The third-order valence-corrected chi connectivity index (χ3v) is 11.9. The van der Waals surface area contributed by atoms with E-state index in [1.54, 1.807) is 11.1 Å². The van der Waals surface area contributed by atoms with E-state index in [1.807, 2.05) is 0 Å². The summed E-state index contributed by atoms with van der Waals surface area (Å²) < 4.78 is 0. The molecule has 2 fully saturated rings. The van der Waals surface area contributed by atoms with Crippen LogP contribution in [-0.2, 0) is 10.9 Å². The fourth-order valence-corrected chi connectivity index (χ4v) is 9.16. The van der Waals surface area contributed by atoms with Crippen LogP contribution in [0.4, 0.5) is 0 Å². The second kappa shape index (κ2) is 15.9. The van der Waals surface area contributed by atoms with Crippen LogP contribution in [0.3, 0.4) is 0 Å². The van der Waals surface area contributed by atoms with Gasteiger partial charge in [0.15, 0.2) is 14.7 Å². The molecule has 0 spiro atoms. The SMILES string of the molecule is Cc1ccc([S+](c2ccc(C3CCCCCCCCC3)cc2)c2ccc(C3CCCCCCCCC3)cc2)cc1. The van der Waals surface area contributed by atoms with Gasteiger partial charge in [-0.3, -0.25) is 0 Å². The first-order valence-electron chi connectivity index (χ1n) is 16.8. The van der Waals surface area contributed by atoms with Gasteiger partial charge in [0.25, 0.3) is 0 Å². The summed E-state index contributed by atoms with van der Waals surface area (Å²) in [6, 6.07) is 29.1. The third kappa shape index (κ3) is 8.51. The molecule has 1 heteroatoms. The fraction of sp³-hybridized carbons (Fsp3) is 0.538. The Bertz CT molecular complexity index is 1020. The predicted molar refractivity (Wildman–Crippen MR) is 175 cm³/mol. The lowest BCUT2D eigenvalue weighted by Gasteiger charge is -2.20. The van der Waals surface area contributed by atoms with E-state index >= 15 is 0 Å². The summed E-state index contributed by atoms with van der Waals surface area (Å²) in [6.45, 7) is 2.20. The summed E-state index contributed by atoms with van der Waals surface area (Å²) in [5, 5.41) is 0. The summed E-state index contributed by atoms with van der Waals surface area (Å²) >= 11 is 0. The van der Waals surface area contributed by atoms with Crippen molar-refractivity contribution in [3.8, 4) is 0 Å². The summed E-state index contributed by atoms with van der Waals surface area (Å²) in [7, 11) is -0.0719. The van der Waals surface area contributed by atoms with E-state index in [0.717, 1.165) is 11.8 Å². The van der Waals surface area contributed by atoms with Gasteiger partial charge in [0.2, 0.25) is 0 Å². The number of hydrogen-bond donors (Lipinski definition) is 0. The molecule has 0 atom stereocenters. The third-order valence-electron chi connectivity index (χ3n) is 9.64. The molecule has 0 unspecified atom stereocenters. The van der Waals surface area contributed by atoms with Crippen LogP contribution in [0, 0.1) is 6.92 Å². The van der Waals surface area contributed by atoms with Gasteiger partial charge >= 0.3 is 0 Å². The van der Waals surface area contributed by atoms with Crippen LogP contribution < -0.4 is 0 Å². The highest BCUT2D eigenvalue weighted by atomic mass is 32.2. The molecule has 0 heterocycles. The first-order chi connectivity index (χ1) is 19.8. The predicted octanol–water partition coefficient (Wildman–Crippen LogP) is 12.3. The lowest BCUT2D eigenvalue weighted by Crippen LogP contribution is -2.07. The second-order valence-electron chi connectivity index (χ2n) is 12.8. The van der Waals surface area contributed by atoms with E-state index in [1.165, 1.54) is 136 Å². The molecule has 0 bridgehead atoms. The average Bonchev–Trinajstić information content (AvgIpc) is 3.00. The number of rotatable bonds is 5. The smallest absolute Gasteiger partial charge is 0.0543 e. The molecule has 214 valence electrons. The molecule has 0 aromatic heterocycles. The van der Waals surface area contributed by atoms with Gasteiger partial charge in [0.1, 0.15) is 0 Å². The van der Waals surface area contributed by atoms with Gasteiger partial charge in [-0.1, -0.05) is 132 Å². The zero-order valence-corrected chi connectivity index (χ0v) is 26.0. The van der Waals surface area contributed by atoms with Crippen molar-refractivity contribution in [1.82, 2.24) is 0 Å². The Hall–Kier alpha value is -1.99. The Morgan fingerprint density at radius 3 is 0.975 bits per heavy atom. The van der Waals surface area contributed by atoms with Crippen LogP contribution in [0.1, 0.15) is 144 Å². The molecule has 5 rings (SSSR count). The minimum Gasteiger partial charge on any atom is -0.0543 e. The van der Waals surface area contributed by atoms with Gasteiger partial charge < -0.3 is 0 Å². The van der Waals surface area contributed by atoms with Crippen LogP contribution in [0.5, 0.6) is 0 Å². The van der Waals surface area contributed by atoms with E-state index < -0.39 is 0 Å². The minimum absolute atomic E-state index is 0.0719. The Kier molecular flexibility index (Phi) is 11.7. The first-order valence-corrected chi connectivity index (χ1v) is 18.0. The van der Waals surface area contributed by atoms with E-state index in [-0.39, 0.29) is 10.9 Å². The highest BCUT2D eigenvalue weighted by Gasteiger charge is 2.29. The summed E-state index contributed by atoms with van der Waals surface area (Å²) in [5.41, 5.74) is 4.48. The number of benzene rings is 3. The summed E-state index contributed by atoms with van der Waals surface area (Å²) in [6.07, 6.45) is 25.4. The van der Waals surface area contributed by atoms with Crippen LogP contribution in [-0.4, -0.2) is 0 Å². The molecule has 2 aliphatic rings. The Morgan fingerprint density at radius 1 is 0.375 bits per heavy atom. The lowest BCUT2D eigenvalue weighted by atomic mass is 9.87. The van der Waals surface area contributed by atoms with Gasteiger partial charge in [0, 0.05) is 0 Å². The standard InChI is InChI=1S/C39H53S/c1-32-20-26-37(27-21-32)40(38-28-22-35(23-29-38)33-16-12-8-4-2-5-9-13-17-33)39-30-24-36(25-31-39)34-18-14-10-6-3-7-11-15-19-34/h20-31,33-34H,2-19H2,1H3/q+1. The van der Waals surface area contributed by atoms with Crippen molar-refractivity contribution in [2.24, 2.45) is 0 Å². The average molecular weight is 554 g/mol. The first kappa shape index (κ1) is 29.5. The van der Waals surface area contributed by atoms with Crippen molar-refractivity contribution in [3.05, 3.63) is 89.5 Å². The van der Waals surface area contributed by atoms with Gasteiger partial charge in [-0.15, -0.1) is 0 Å². The van der Waals surface area contributed by atoms with E-state index in [4.69, 9.17) is 0 Å². The monoisotopic (exact) mass is 553 g/mol. The zero-order chi connectivity index (χ0) is 27.4. The molecular formula is C39H53S+. The molecule has 2 aliphatic carbocycles. The van der Waals surface area contributed by atoms with Crippen molar-refractivity contribution in [1.29, 1.82) is 0 Å². The minimum atomic E-state index is -0.0719. The van der Waals surface area contributed by atoms with Crippen molar-refractivity contribution in [3.63, 3.8) is 0 Å². The van der Waals surface area contributed by atoms with Gasteiger partial charge in [-0.2, -0.15) is 0 Å². The molecule has 3 aromatic carbocycles. The maximum Gasteiger partial charge on any atom is 0.166 e. The lowest BCUT2D eigenvalue weighted by molar-refractivity contribution is 0.462. The van der Waals surface area contributed by atoms with Crippen molar-refractivity contribution in [2.45, 2.75) is 149 Å². The topological polar surface area (TPSA) is 0 Å². The Morgan fingerprint density at radius 2 is 0.650 bits per heavy atom. The molecule has 0 saturated heterocycles.